The largest absolute Gasteiger partial charge is 0.344 e. The fourth-order valence-corrected chi connectivity index (χ4v) is 3.45. The summed E-state index contributed by atoms with van der Waals surface area (Å²) in [6.45, 7) is 3.19. The van der Waals surface area contributed by atoms with Crippen LogP contribution in [0.4, 0.5) is 0 Å². The average molecular weight is 259 g/mol. The molecule has 0 aliphatic carbocycles. The Kier molecular flexibility index (Phi) is 3.12. The second kappa shape index (κ2) is 4.63. The van der Waals surface area contributed by atoms with Crippen molar-refractivity contribution in [3.8, 4) is 0 Å². The third kappa shape index (κ3) is 1.69. The first-order valence-electron chi connectivity index (χ1n) is 6.50. The van der Waals surface area contributed by atoms with E-state index in [-0.39, 0.29) is 6.04 Å². The van der Waals surface area contributed by atoms with Crippen molar-refractivity contribution in [2.24, 2.45) is 5.73 Å². The zero-order valence-corrected chi connectivity index (χ0v) is 11.8. The molecule has 0 bridgehead atoms. The molecular formula is C15H19N2S. The standard InChI is InChI=1S/C15H19N2S/c1-3-12(16)15-11-9-10(18-2)6-7-13(11)17-8-4-5-14(15)17/h3,6-7,9,12H,4-5,8,16H2,1-2H3/t12-/m0/s1. The Morgan fingerprint density at radius 3 is 3.00 bits per heavy atom. The van der Waals surface area contributed by atoms with E-state index in [1.165, 1.54) is 39.9 Å². The molecule has 1 aliphatic rings. The van der Waals surface area contributed by atoms with Gasteiger partial charge in [-0.3, -0.25) is 0 Å². The minimum absolute atomic E-state index is 0.0546. The molecule has 3 rings (SSSR count). The lowest BCUT2D eigenvalue weighted by atomic mass is 10.00. The summed E-state index contributed by atoms with van der Waals surface area (Å²) in [5.74, 6) is 0. The van der Waals surface area contributed by atoms with E-state index in [2.05, 4.69) is 35.4 Å². The fraction of sp³-hybridized carbons (Fsp3) is 0.400. The molecule has 3 heteroatoms. The summed E-state index contributed by atoms with van der Waals surface area (Å²) < 4.78 is 2.46. The number of aromatic nitrogens is 1. The number of thioether (sulfide) groups is 1. The minimum atomic E-state index is 0.0546. The van der Waals surface area contributed by atoms with Crippen LogP contribution in [0.3, 0.4) is 0 Å². The third-order valence-corrected chi connectivity index (χ3v) is 4.63. The van der Waals surface area contributed by atoms with Crippen molar-refractivity contribution in [3.05, 3.63) is 35.9 Å². The van der Waals surface area contributed by atoms with Gasteiger partial charge in [0.2, 0.25) is 0 Å². The predicted octanol–water partition coefficient (Wildman–Crippen LogP) is 3.53. The molecular weight excluding hydrogens is 240 g/mol. The number of nitrogens with zero attached hydrogens (tertiary/aromatic N) is 1. The molecule has 0 saturated carbocycles. The van der Waals surface area contributed by atoms with Crippen LogP contribution >= 0.6 is 11.8 Å². The maximum Gasteiger partial charge on any atom is 0.0486 e. The molecule has 0 unspecified atom stereocenters. The number of hydrogen-bond acceptors (Lipinski definition) is 2. The molecule has 2 nitrogen and oxygen atoms in total. The normalized spacial score (nSPS) is 16.2. The Hall–Kier alpha value is -0.930. The van der Waals surface area contributed by atoms with Gasteiger partial charge in [-0.25, -0.2) is 0 Å². The molecule has 2 N–H and O–H groups in total. The van der Waals surface area contributed by atoms with Crippen LogP contribution in [0, 0.1) is 6.42 Å². The summed E-state index contributed by atoms with van der Waals surface area (Å²) in [5, 5.41) is 1.35. The van der Waals surface area contributed by atoms with Gasteiger partial charge in [-0.15, -0.1) is 11.8 Å². The van der Waals surface area contributed by atoms with Gasteiger partial charge in [0.15, 0.2) is 0 Å². The van der Waals surface area contributed by atoms with Gasteiger partial charge in [0.25, 0.3) is 0 Å². The molecule has 0 saturated heterocycles. The minimum Gasteiger partial charge on any atom is -0.344 e. The Morgan fingerprint density at radius 2 is 2.28 bits per heavy atom. The van der Waals surface area contributed by atoms with E-state index < -0.39 is 0 Å². The van der Waals surface area contributed by atoms with Crippen LogP contribution in [0.5, 0.6) is 0 Å². The van der Waals surface area contributed by atoms with Crippen LogP contribution in [0.2, 0.25) is 0 Å². The highest BCUT2D eigenvalue weighted by atomic mass is 32.2. The molecule has 1 aromatic heterocycles. The Labute approximate surface area is 113 Å². The number of nitrogens with two attached hydrogens (primary N) is 1. The van der Waals surface area contributed by atoms with E-state index in [4.69, 9.17) is 5.73 Å². The second-order valence-electron chi connectivity index (χ2n) is 4.86. The highest BCUT2D eigenvalue weighted by molar-refractivity contribution is 7.98. The quantitative estimate of drug-likeness (QED) is 0.855. The van der Waals surface area contributed by atoms with Crippen molar-refractivity contribution in [2.45, 2.75) is 37.2 Å². The maximum atomic E-state index is 6.29. The fourth-order valence-electron chi connectivity index (χ4n) is 3.01. The zero-order chi connectivity index (χ0) is 12.7. The smallest absolute Gasteiger partial charge is 0.0486 e. The molecule has 95 valence electrons. The number of benzene rings is 1. The van der Waals surface area contributed by atoms with Gasteiger partial charge in [-0.1, -0.05) is 6.92 Å². The Balaban J connectivity index is 2.29. The molecule has 18 heavy (non-hydrogen) atoms. The first-order valence-corrected chi connectivity index (χ1v) is 7.72. The number of hydrogen-bond donors (Lipinski definition) is 1. The van der Waals surface area contributed by atoms with E-state index in [1.807, 2.05) is 6.92 Å². The van der Waals surface area contributed by atoms with Crippen molar-refractivity contribution >= 4 is 22.7 Å². The first kappa shape index (κ1) is 12.1. The highest BCUT2D eigenvalue weighted by Gasteiger charge is 2.24. The summed E-state index contributed by atoms with van der Waals surface area (Å²) in [6.07, 6.45) is 6.63. The second-order valence-corrected chi connectivity index (χ2v) is 5.74. The lowest BCUT2D eigenvalue weighted by Gasteiger charge is -2.10. The lowest BCUT2D eigenvalue weighted by molar-refractivity contribution is 0.770. The van der Waals surface area contributed by atoms with Gasteiger partial charge in [0.1, 0.15) is 0 Å². The van der Waals surface area contributed by atoms with Crippen molar-refractivity contribution < 1.29 is 0 Å². The van der Waals surface area contributed by atoms with Crippen LogP contribution in [0.15, 0.2) is 23.1 Å². The van der Waals surface area contributed by atoms with Crippen molar-refractivity contribution in [2.75, 3.05) is 6.26 Å². The van der Waals surface area contributed by atoms with Crippen molar-refractivity contribution in [1.29, 1.82) is 0 Å². The Morgan fingerprint density at radius 1 is 1.44 bits per heavy atom. The number of fused-ring (bicyclic) bond motifs is 3. The predicted molar refractivity (Wildman–Crippen MR) is 78.9 cm³/mol. The SMILES string of the molecule is C[CH][C@H](N)c1c2n(c3ccc(SC)cc13)CCC2. The van der Waals surface area contributed by atoms with Gasteiger partial charge >= 0.3 is 0 Å². The van der Waals surface area contributed by atoms with E-state index in [9.17, 15) is 0 Å². The number of aryl methyl sites for hydroxylation is 1. The molecule has 1 aromatic carbocycles. The van der Waals surface area contributed by atoms with Crippen LogP contribution in [-0.2, 0) is 13.0 Å². The van der Waals surface area contributed by atoms with Gasteiger partial charge in [-0.05, 0) is 49.3 Å². The topological polar surface area (TPSA) is 30.9 Å². The molecule has 2 aromatic rings. The summed E-state index contributed by atoms with van der Waals surface area (Å²) in [6, 6.07) is 6.81. The van der Waals surface area contributed by atoms with Crippen LogP contribution in [0.1, 0.15) is 30.6 Å². The van der Waals surface area contributed by atoms with Crippen LogP contribution in [-0.4, -0.2) is 10.8 Å². The zero-order valence-electron chi connectivity index (χ0n) is 10.9. The van der Waals surface area contributed by atoms with Gasteiger partial charge in [-0.2, -0.15) is 0 Å². The average Bonchev–Trinajstić information content (AvgIpc) is 2.97. The molecule has 1 atom stereocenters. The summed E-state index contributed by atoms with van der Waals surface area (Å²) in [7, 11) is 0. The molecule has 1 radical (unpaired) electrons. The van der Waals surface area contributed by atoms with E-state index >= 15 is 0 Å². The molecule has 0 spiro atoms. The van der Waals surface area contributed by atoms with Gasteiger partial charge < -0.3 is 10.3 Å². The monoisotopic (exact) mass is 259 g/mol. The lowest BCUT2D eigenvalue weighted by Crippen LogP contribution is -2.11. The summed E-state index contributed by atoms with van der Waals surface area (Å²) in [4.78, 5) is 1.32. The summed E-state index contributed by atoms with van der Waals surface area (Å²) in [5.41, 5.74) is 10.4. The van der Waals surface area contributed by atoms with Gasteiger partial charge in [0.05, 0.1) is 0 Å². The summed E-state index contributed by atoms with van der Waals surface area (Å²) >= 11 is 1.79. The first-order chi connectivity index (χ1) is 8.76. The molecule has 2 heterocycles. The Bertz CT molecular complexity index is 586. The van der Waals surface area contributed by atoms with Crippen LogP contribution in [0.25, 0.3) is 10.9 Å². The molecule has 0 fully saturated rings. The maximum absolute atomic E-state index is 6.29. The third-order valence-electron chi connectivity index (χ3n) is 3.91. The van der Waals surface area contributed by atoms with Crippen LogP contribution < -0.4 is 5.73 Å². The van der Waals surface area contributed by atoms with Crippen molar-refractivity contribution in [3.63, 3.8) is 0 Å². The molecule has 1 aliphatic heterocycles. The number of rotatable bonds is 3. The van der Waals surface area contributed by atoms with E-state index in [1.54, 1.807) is 11.8 Å². The van der Waals surface area contributed by atoms with Crippen molar-refractivity contribution in [1.82, 2.24) is 4.57 Å². The molecule has 0 amide bonds. The van der Waals surface area contributed by atoms with E-state index in [0.29, 0.717) is 0 Å². The van der Waals surface area contributed by atoms with E-state index in [0.717, 1.165) is 6.54 Å². The highest BCUT2D eigenvalue weighted by Crippen LogP contribution is 2.36. The van der Waals surface area contributed by atoms with Gasteiger partial charge in [0, 0.05) is 34.1 Å².